The highest BCUT2D eigenvalue weighted by Crippen LogP contribution is 2.28. The van der Waals surface area contributed by atoms with Gasteiger partial charge in [0, 0.05) is 28.6 Å². The molecule has 30 heavy (non-hydrogen) atoms. The normalized spacial score (nSPS) is 16.1. The number of aryl methyl sites for hydroxylation is 3. The average Bonchev–Trinajstić information content (AvgIpc) is 3.19. The number of nitrogens with one attached hydrogen (secondary N) is 1. The Kier molecular flexibility index (Phi) is 5.47. The van der Waals surface area contributed by atoms with Gasteiger partial charge in [0.15, 0.2) is 0 Å². The van der Waals surface area contributed by atoms with E-state index in [4.69, 9.17) is 0 Å². The molecule has 1 aliphatic heterocycles. The maximum atomic E-state index is 13.6. The minimum absolute atomic E-state index is 0.210. The topological polar surface area (TPSA) is 62.3 Å². The zero-order valence-electron chi connectivity index (χ0n) is 17.0. The van der Waals surface area contributed by atoms with Crippen LogP contribution >= 0.6 is 11.8 Å². The summed E-state index contributed by atoms with van der Waals surface area (Å²) in [5.74, 6) is 0.0916. The highest BCUT2D eigenvalue weighted by molar-refractivity contribution is 7.99. The number of hydrogen-bond acceptors (Lipinski definition) is 4. The number of halogens is 1. The summed E-state index contributed by atoms with van der Waals surface area (Å²) in [5, 5.41) is 3.52. The molecule has 4 rings (SSSR count). The first kappa shape index (κ1) is 20.3. The Morgan fingerprint density at radius 3 is 2.67 bits per heavy atom. The van der Waals surface area contributed by atoms with Gasteiger partial charge in [0.05, 0.1) is 17.0 Å². The van der Waals surface area contributed by atoms with Crippen LogP contribution in [0.3, 0.4) is 0 Å². The first-order valence-electron chi connectivity index (χ1n) is 9.67. The largest absolute Gasteiger partial charge is 0.324 e. The van der Waals surface area contributed by atoms with Crippen LogP contribution in [0.5, 0.6) is 0 Å². The summed E-state index contributed by atoms with van der Waals surface area (Å²) in [4.78, 5) is 32.2. The van der Waals surface area contributed by atoms with Gasteiger partial charge in [-0.1, -0.05) is 6.07 Å². The van der Waals surface area contributed by atoms with Crippen LogP contribution in [0.15, 0.2) is 42.5 Å². The summed E-state index contributed by atoms with van der Waals surface area (Å²) < 4.78 is 13.6. The van der Waals surface area contributed by atoms with Gasteiger partial charge in [0.25, 0.3) is 5.91 Å². The van der Waals surface area contributed by atoms with E-state index in [2.05, 4.69) is 10.3 Å². The summed E-state index contributed by atoms with van der Waals surface area (Å²) in [6, 6.07) is 11.1. The minimum atomic E-state index is -0.576. The number of nitrogens with zero attached hydrogens (tertiary/aromatic N) is 2. The Morgan fingerprint density at radius 2 is 1.90 bits per heavy atom. The number of amides is 2. The van der Waals surface area contributed by atoms with E-state index >= 15 is 0 Å². The molecular weight excluding hydrogens is 401 g/mol. The van der Waals surface area contributed by atoms with Crippen molar-refractivity contribution in [3.8, 4) is 0 Å². The lowest BCUT2D eigenvalue weighted by molar-refractivity contribution is -0.119. The van der Waals surface area contributed by atoms with Crippen molar-refractivity contribution < 1.29 is 14.0 Å². The van der Waals surface area contributed by atoms with Gasteiger partial charge >= 0.3 is 0 Å². The zero-order valence-corrected chi connectivity index (χ0v) is 17.8. The van der Waals surface area contributed by atoms with E-state index < -0.39 is 11.9 Å². The third kappa shape index (κ3) is 3.89. The minimum Gasteiger partial charge on any atom is -0.324 e. The number of benzene rings is 2. The molecule has 7 heteroatoms. The van der Waals surface area contributed by atoms with Crippen LogP contribution in [0.25, 0.3) is 10.9 Å². The molecule has 2 heterocycles. The average molecular weight is 424 g/mol. The molecule has 1 saturated heterocycles. The number of fused-ring (bicyclic) bond motifs is 1. The number of hydrogen-bond donors (Lipinski definition) is 1. The lowest BCUT2D eigenvalue weighted by Gasteiger charge is -2.24. The molecule has 1 aromatic heterocycles. The molecule has 1 unspecified atom stereocenters. The fraction of sp³-hybridized carbons (Fsp3) is 0.261. The Bertz CT molecular complexity index is 1160. The molecule has 0 spiro atoms. The van der Waals surface area contributed by atoms with Crippen molar-refractivity contribution in [3.05, 3.63) is 70.7 Å². The summed E-state index contributed by atoms with van der Waals surface area (Å²) >= 11 is 1.54. The molecule has 0 radical (unpaired) electrons. The standard InChI is InChI=1S/C23H22FN3O2S/c1-13-4-6-17(8-14(13)2)26-22(28)21-11-30-12-27(21)23(29)19-9-15(3)25-20-10-16(24)5-7-18(19)20/h4-10,21H,11-12H2,1-3H3,(H,26,28). The number of aromatic nitrogens is 1. The third-order valence-corrected chi connectivity index (χ3v) is 6.36. The van der Waals surface area contributed by atoms with Crippen LogP contribution in [0, 0.1) is 26.6 Å². The molecule has 2 amide bonds. The Hall–Kier alpha value is -2.93. The van der Waals surface area contributed by atoms with Gasteiger partial charge in [-0.15, -0.1) is 11.8 Å². The summed E-state index contributed by atoms with van der Waals surface area (Å²) in [7, 11) is 0. The van der Waals surface area contributed by atoms with Crippen molar-refractivity contribution in [2.24, 2.45) is 0 Å². The van der Waals surface area contributed by atoms with Gasteiger partial charge in [0.2, 0.25) is 5.91 Å². The van der Waals surface area contributed by atoms with E-state index in [-0.39, 0.29) is 11.8 Å². The Balaban J connectivity index is 1.62. The second-order valence-electron chi connectivity index (χ2n) is 7.55. The highest BCUT2D eigenvalue weighted by atomic mass is 32.2. The SMILES string of the molecule is Cc1cc(C(=O)N2CSCC2C(=O)Nc2ccc(C)c(C)c2)c2ccc(F)cc2n1. The molecule has 1 N–H and O–H groups in total. The van der Waals surface area contributed by atoms with Crippen LogP contribution in [0.4, 0.5) is 10.1 Å². The number of rotatable bonds is 3. The van der Waals surface area contributed by atoms with Crippen molar-refractivity contribution in [3.63, 3.8) is 0 Å². The van der Waals surface area contributed by atoms with Crippen molar-refractivity contribution in [2.45, 2.75) is 26.8 Å². The fourth-order valence-electron chi connectivity index (χ4n) is 3.57. The summed E-state index contributed by atoms with van der Waals surface area (Å²) in [6.07, 6.45) is 0. The summed E-state index contributed by atoms with van der Waals surface area (Å²) in [6.45, 7) is 5.78. The summed E-state index contributed by atoms with van der Waals surface area (Å²) in [5.41, 5.74) is 4.45. The maximum absolute atomic E-state index is 13.6. The molecule has 2 aromatic carbocycles. The molecule has 0 saturated carbocycles. The van der Waals surface area contributed by atoms with E-state index in [9.17, 15) is 14.0 Å². The van der Waals surface area contributed by atoms with E-state index in [1.54, 1.807) is 24.0 Å². The molecule has 1 atom stereocenters. The van der Waals surface area contributed by atoms with Crippen LogP contribution in [-0.2, 0) is 4.79 Å². The lowest BCUT2D eigenvalue weighted by Crippen LogP contribution is -2.44. The zero-order chi connectivity index (χ0) is 21.4. The molecule has 1 aliphatic rings. The van der Waals surface area contributed by atoms with E-state index in [0.29, 0.717) is 39.5 Å². The smallest absolute Gasteiger partial charge is 0.256 e. The Morgan fingerprint density at radius 1 is 1.10 bits per heavy atom. The fourth-order valence-corrected chi connectivity index (χ4v) is 4.72. The van der Waals surface area contributed by atoms with Crippen LogP contribution in [-0.4, -0.2) is 39.4 Å². The monoisotopic (exact) mass is 423 g/mol. The molecule has 3 aromatic rings. The van der Waals surface area contributed by atoms with E-state index in [1.165, 1.54) is 23.9 Å². The van der Waals surface area contributed by atoms with Crippen molar-refractivity contribution in [1.29, 1.82) is 0 Å². The quantitative estimate of drug-likeness (QED) is 0.676. The predicted molar refractivity (Wildman–Crippen MR) is 118 cm³/mol. The first-order chi connectivity index (χ1) is 14.3. The lowest BCUT2D eigenvalue weighted by atomic mass is 10.1. The number of carbonyl (C=O) groups is 2. The van der Waals surface area contributed by atoms with Gasteiger partial charge in [-0.2, -0.15) is 0 Å². The van der Waals surface area contributed by atoms with Crippen molar-refractivity contribution >= 4 is 40.2 Å². The second-order valence-corrected chi connectivity index (χ2v) is 8.55. The van der Waals surface area contributed by atoms with Gasteiger partial charge in [-0.3, -0.25) is 14.6 Å². The van der Waals surface area contributed by atoms with Gasteiger partial charge in [0.1, 0.15) is 11.9 Å². The van der Waals surface area contributed by atoms with E-state index in [1.807, 2.05) is 32.0 Å². The third-order valence-electron chi connectivity index (χ3n) is 5.35. The number of carbonyl (C=O) groups excluding carboxylic acids is 2. The first-order valence-corrected chi connectivity index (χ1v) is 10.8. The van der Waals surface area contributed by atoms with Gasteiger partial charge in [-0.25, -0.2) is 4.39 Å². The Labute approximate surface area is 178 Å². The van der Waals surface area contributed by atoms with Gasteiger partial charge in [-0.05, 0) is 62.2 Å². The number of anilines is 1. The van der Waals surface area contributed by atoms with Crippen molar-refractivity contribution in [2.75, 3.05) is 16.9 Å². The molecular formula is C23H22FN3O2S. The maximum Gasteiger partial charge on any atom is 0.256 e. The molecule has 5 nitrogen and oxygen atoms in total. The van der Waals surface area contributed by atoms with Gasteiger partial charge < -0.3 is 10.2 Å². The van der Waals surface area contributed by atoms with Crippen LogP contribution < -0.4 is 5.32 Å². The second kappa shape index (κ2) is 8.07. The molecule has 0 bridgehead atoms. The number of pyridine rings is 1. The molecule has 0 aliphatic carbocycles. The van der Waals surface area contributed by atoms with Crippen LogP contribution in [0.1, 0.15) is 27.2 Å². The van der Waals surface area contributed by atoms with Crippen molar-refractivity contribution in [1.82, 2.24) is 9.88 Å². The predicted octanol–water partition coefficient (Wildman–Crippen LogP) is 4.45. The molecule has 154 valence electrons. The molecule has 1 fully saturated rings. The highest BCUT2D eigenvalue weighted by Gasteiger charge is 2.36. The van der Waals surface area contributed by atoms with Crippen LogP contribution in [0.2, 0.25) is 0 Å². The number of thioether (sulfide) groups is 1. The van der Waals surface area contributed by atoms with E-state index in [0.717, 1.165) is 11.1 Å².